The summed E-state index contributed by atoms with van der Waals surface area (Å²) in [6.07, 6.45) is 7.04. The van der Waals surface area contributed by atoms with Crippen molar-refractivity contribution >= 4 is 17.5 Å². The van der Waals surface area contributed by atoms with Crippen molar-refractivity contribution in [2.24, 2.45) is 39.7 Å². The number of hydrogen-bond donors (Lipinski definition) is 1. The number of Topliss-reactive ketones (excluding diaryl/α,β-unsaturated/α-hetero) is 1. The van der Waals surface area contributed by atoms with E-state index in [-0.39, 0.29) is 22.7 Å². The number of cyclic esters (lactones) is 1. The maximum atomic E-state index is 13.0. The van der Waals surface area contributed by atoms with Crippen LogP contribution < -0.4 is 5.32 Å². The van der Waals surface area contributed by atoms with Gasteiger partial charge in [0.25, 0.3) is 0 Å². The molecule has 6 atom stereocenters. The second-order valence-corrected chi connectivity index (χ2v) is 10.1. The van der Waals surface area contributed by atoms with Crippen molar-refractivity contribution in [3.8, 4) is 0 Å². The van der Waals surface area contributed by atoms with Gasteiger partial charge in [-0.05, 0) is 69.4 Å². The molecular formula is C23H36N2O4. The molecule has 0 amide bonds. The Bertz CT molecular complexity index is 692. The molecule has 0 radical (unpaired) electrons. The van der Waals surface area contributed by atoms with Crippen LogP contribution >= 0.6 is 0 Å². The Labute approximate surface area is 174 Å². The molecule has 29 heavy (non-hydrogen) atoms. The lowest BCUT2D eigenvalue weighted by Gasteiger charge is -2.52. The van der Waals surface area contributed by atoms with Crippen molar-refractivity contribution in [2.75, 3.05) is 26.8 Å². The highest BCUT2D eigenvalue weighted by atomic mass is 16.6. The van der Waals surface area contributed by atoms with E-state index in [1.807, 2.05) is 7.05 Å². The molecule has 6 nitrogen and oxygen atoms in total. The summed E-state index contributed by atoms with van der Waals surface area (Å²) >= 11 is 0. The molecule has 3 saturated carbocycles. The fourth-order valence-corrected chi connectivity index (χ4v) is 6.88. The van der Waals surface area contributed by atoms with E-state index in [0.29, 0.717) is 49.6 Å². The molecular weight excluding hydrogens is 368 g/mol. The third-order valence-corrected chi connectivity index (χ3v) is 8.74. The maximum Gasteiger partial charge on any atom is 0.309 e. The normalized spacial score (nSPS) is 43.2. The first-order valence-corrected chi connectivity index (χ1v) is 11.4. The average molecular weight is 405 g/mol. The number of nitrogens with zero attached hydrogens (tertiary/aromatic N) is 1. The first-order chi connectivity index (χ1) is 13.9. The van der Waals surface area contributed by atoms with Crippen molar-refractivity contribution in [2.45, 2.75) is 65.2 Å². The predicted octanol–water partition coefficient (Wildman–Crippen LogP) is 3.34. The number of nitrogens with one attached hydrogen (secondary N) is 1. The number of fused-ring (bicyclic) bond motifs is 5. The quantitative estimate of drug-likeness (QED) is 0.432. The molecule has 4 rings (SSSR count). The molecule has 0 aromatic carbocycles. The monoisotopic (exact) mass is 404 g/mol. The van der Waals surface area contributed by atoms with E-state index < -0.39 is 0 Å². The topological polar surface area (TPSA) is 77.0 Å². The highest BCUT2D eigenvalue weighted by molar-refractivity contribution is 5.90. The molecule has 0 aromatic rings. The van der Waals surface area contributed by atoms with Crippen LogP contribution in [0.2, 0.25) is 0 Å². The number of carbonyl (C=O) groups excluding carboxylic acids is 2. The summed E-state index contributed by atoms with van der Waals surface area (Å²) in [6.45, 7) is 6.44. The van der Waals surface area contributed by atoms with Gasteiger partial charge in [0.2, 0.25) is 0 Å². The molecule has 1 aliphatic heterocycles. The molecule has 1 N–H and O–H groups in total. The first-order valence-electron chi connectivity index (χ1n) is 11.4. The van der Waals surface area contributed by atoms with Gasteiger partial charge in [0.05, 0.1) is 18.2 Å². The summed E-state index contributed by atoms with van der Waals surface area (Å²) in [5.74, 6) is 1.33. The summed E-state index contributed by atoms with van der Waals surface area (Å²) in [6, 6.07) is 0. The van der Waals surface area contributed by atoms with Gasteiger partial charge in [-0.15, -0.1) is 0 Å². The Morgan fingerprint density at radius 2 is 2.00 bits per heavy atom. The molecule has 1 unspecified atom stereocenters. The van der Waals surface area contributed by atoms with Crippen LogP contribution in [0.4, 0.5) is 0 Å². The summed E-state index contributed by atoms with van der Waals surface area (Å²) < 4.78 is 5.85. The van der Waals surface area contributed by atoms with Crippen molar-refractivity contribution in [1.29, 1.82) is 0 Å². The van der Waals surface area contributed by atoms with E-state index in [0.717, 1.165) is 50.8 Å². The van der Waals surface area contributed by atoms with E-state index in [9.17, 15) is 9.59 Å². The third-order valence-electron chi connectivity index (χ3n) is 8.74. The summed E-state index contributed by atoms with van der Waals surface area (Å²) in [5.41, 5.74) is 0.715. The molecule has 0 aromatic heterocycles. The zero-order valence-corrected chi connectivity index (χ0v) is 18.2. The van der Waals surface area contributed by atoms with Gasteiger partial charge in [-0.3, -0.25) is 9.59 Å². The lowest BCUT2D eigenvalue weighted by molar-refractivity contribution is -0.151. The molecule has 6 heteroatoms. The van der Waals surface area contributed by atoms with Crippen LogP contribution in [0, 0.1) is 34.5 Å². The molecule has 4 fully saturated rings. The van der Waals surface area contributed by atoms with E-state index in [1.54, 1.807) is 0 Å². The highest BCUT2D eigenvalue weighted by Crippen LogP contribution is 2.62. The van der Waals surface area contributed by atoms with E-state index in [2.05, 4.69) is 24.3 Å². The Balaban J connectivity index is 1.51. The van der Waals surface area contributed by atoms with E-state index >= 15 is 0 Å². The molecule has 4 aliphatic rings. The summed E-state index contributed by atoms with van der Waals surface area (Å²) in [5, 5.41) is 7.45. The fourth-order valence-electron chi connectivity index (χ4n) is 6.88. The van der Waals surface area contributed by atoms with Crippen LogP contribution in [0.25, 0.3) is 0 Å². The van der Waals surface area contributed by atoms with Crippen molar-refractivity contribution in [3.63, 3.8) is 0 Å². The Hall–Kier alpha value is -1.43. The second kappa shape index (κ2) is 8.01. The minimum Gasteiger partial charge on any atom is -0.465 e. The minimum atomic E-state index is -0.202. The van der Waals surface area contributed by atoms with Crippen LogP contribution in [-0.2, 0) is 19.2 Å². The lowest BCUT2D eigenvalue weighted by atomic mass is 9.50. The van der Waals surface area contributed by atoms with Gasteiger partial charge in [0.1, 0.15) is 12.4 Å². The largest absolute Gasteiger partial charge is 0.465 e. The number of ketones is 1. The van der Waals surface area contributed by atoms with Gasteiger partial charge in [-0.25, -0.2) is 0 Å². The number of hydrogen-bond acceptors (Lipinski definition) is 6. The number of carbonyl (C=O) groups is 2. The van der Waals surface area contributed by atoms with E-state index in [4.69, 9.17) is 9.57 Å². The van der Waals surface area contributed by atoms with Crippen molar-refractivity contribution in [3.05, 3.63) is 0 Å². The standard InChI is InChI=1S/C23H36N2O4/c1-22-9-7-15(25-29-12-4-11-24-3)13-19(22)21(27)28-14-16-17-5-6-20(26)23(17,2)10-8-18(16)22/h16-19,24H,4-14H2,1-3H3/b25-15-/t16-,17-,18-,19?,22+,23-/m0/s1. The van der Waals surface area contributed by atoms with E-state index in [1.165, 1.54) is 0 Å². The second-order valence-electron chi connectivity index (χ2n) is 10.1. The lowest BCUT2D eigenvalue weighted by Crippen LogP contribution is -2.50. The zero-order chi connectivity index (χ0) is 20.6. The molecule has 3 aliphatic carbocycles. The smallest absolute Gasteiger partial charge is 0.309 e. The van der Waals surface area contributed by atoms with Gasteiger partial charge < -0.3 is 14.9 Å². The maximum absolute atomic E-state index is 13.0. The SMILES string of the molecule is CNCCCO/N=C1/CC[C@@]2(C)C(C1)C(=O)OC[C@@H]1[C@@H]2CC[C@]2(C)C(=O)CC[C@@H]12. The Kier molecular flexibility index (Phi) is 5.75. The van der Waals surface area contributed by atoms with Crippen LogP contribution in [0.5, 0.6) is 0 Å². The number of ether oxygens (including phenoxy) is 1. The number of esters is 1. The van der Waals surface area contributed by atoms with Crippen LogP contribution in [0.15, 0.2) is 5.16 Å². The van der Waals surface area contributed by atoms with Gasteiger partial charge in [-0.1, -0.05) is 19.0 Å². The molecule has 1 saturated heterocycles. The fraction of sp³-hybridized carbons (Fsp3) is 0.870. The van der Waals surface area contributed by atoms with Crippen molar-refractivity contribution in [1.82, 2.24) is 5.32 Å². The molecule has 1 heterocycles. The van der Waals surface area contributed by atoms with Gasteiger partial charge in [-0.2, -0.15) is 0 Å². The first kappa shape index (κ1) is 20.8. The highest BCUT2D eigenvalue weighted by Gasteiger charge is 2.61. The van der Waals surface area contributed by atoms with Gasteiger partial charge in [0, 0.05) is 24.2 Å². The molecule has 0 bridgehead atoms. The van der Waals surface area contributed by atoms with Crippen LogP contribution in [0.3, 0.4) is 0 Å². The third kappa shape index (κ3) is 3.51. The van der Waals surface area contributed by atoms with Gasteiger partial charge in [0.15, 0.2) is 0 Å². The molecule has 0 spiro atoms. The van der Waals surface area contributed by atoms with Crippen LogP contribution in [-0.4, -0.2) is 44.3 Å². The average Bonchev–Trinajstić information content (AvgIpc) is 2.95. The predicted molar refractivity (Wildman–Crippen MR) is 110 cm³/mol. The minimum absolute atomic E-state index is 0.0730. The van der Waals surface area contributed by atoms with Gasteiger partial charge >= 0.3 is 5.97 Å². The summed E-state index contributed by atoms with van der Waals surface area (Å²) in [7, 11) is 1.92. The molecule has 162 valence electrons. The zero-order valence-electron chi connectivity index (χ0n) is 18.2. The van der Waals surface area contributed by atoms with Crippen molar-refractivity contribution < 1.29 is 19.2 Å². The number of rotatable bonds is 5. The Morgan fingerprint density at radius 1 is 1.17 bits per heavy atom. The van der Waals surface area contributed by atoms with Crippen LogP contribution in [0.1, 0.15) is 65.2 Å². The number of oxime groups is 1. The summed E-state index contributed by atoms with van der Waals surface area (Å²) in [4.78, 5) is 31.1. The Morgan fingerprint density at radius 3 is 2.79 bits per heavy atom.